The Balaban J connectivity index is 1.66. The predicted molar refractivity (Wildman–Crippen MR) is 93.9 cm³/mol. The fourth-order valence-electron chi connectivity index (χ4n) is 3.21. The van der Waals surface area contributed by atoms with Gasteiger partial charge < -0.3 is 4.90 Å². The Hall–Kier alpha value is -2.82. The Morgan fingerprint density at radius 3 is 2.75 bits per heavy atom. The van der Waals surface area contributed by atoms with Gasteiger partial charge in [-0.3, -0.25) is 4.98 Å². The molecule has 1 aliphatic rings. The largest absolute Gasteiger partial charge is 0.356 e. The molecular formula is C19H19N5. The van der Waals surface area contributed by atoms with Crippen LogP contribution in [0.25, 0.3) is 11.3 Å². The number of aromatic nitrogens is 4. The van der Waals surface area contributed by atoms with Crippen LogP contribution in [0.15, 0.2) is 49.1 Å². The molecule has 0 spiro atoms. The Labute approximate surface area is 141 Å². The quantitative estimate of drug-likeness (QED) is 0.727. The third kappa shape index (κ3) is 2.85. The summed E-state index contributed by atoms with van der Waals surface area (Å²) in [6.07, 6.45) is 7.14. The predicted octanol–water partition coefficient (Wildman–Crippen LogP) is 2.85. The van der Waals surface area contributed by atoms with Gasteiger partial charge in [-0.25, -0.2) is 15.0 Å². The summed E-state index contributed by atoms with van der Waals surface area (Å²) in [5, 5.41) is 0. The SMILES string of the molecule is Cc1cccc(N2CCc3ncnc(-c4cccnc4)c3CC2)n1. The van der Waals surface area contributed by atoms with E-state index in [2.05, 4.69) is 43.0 Å². The Kier molecular flexibility index (Phi) is 3.91. The molecular weight excluding hydrogens is 298 g/mol. The van der Waals surface area contributed by atoms with Gasteiger partial charge in [0.05, 0.1) is 5.69 Å². The lowest BCUT2D eigenvalue weighted by molar-refractivity contribution is 0.785. The van der Waals surface area contributed by atoms with Crippen LogP contribution in [0, 0.1) is 6.92 Å². The van der Waals surface area contributed by atoms with Crippen molar-refractivity contribution in [3.05, 3.63) is 66.0 Å². The third-order valence-corrected chi connectivity index (χ3v) is 4.42. The molecule has 0 radical (unpaired) electrons. The van der Waals surface area contributed by atoms with Crippen LogP contribution in [0.3, 0.4) is 0 Å². The number of nitrogens with zero attached hydrogens (tertiary/aromatic N) is 5. The molecule has 1 aliphatic heterocycles. The summed E-state index contributed by atoms with van der Waals surface area (Å²) >= 11 is 0. The average Bonchev–Trinajstić information content (AvgIpc) is 2.85. The van der Waals surface area contributed by atoms with Crippen LogP contribution in [-0.4, -0.2) is 33.0 Å². The fraction of sp³-hybridized carbons (Fsp3) is 0.263. The summed E-state index contributed by atoms with van der Waals surface area (Å²) in [4.78, 5) is 20.3. The lowest BCUT2D eigenvalue weighted by Crippen LogP contribution is -2.27. The number of rotatable bonds is 2. The maximum Gasteiger partial charge on any atom is 0.128 e. The van der Waals surface area contributed by atoms with E-state index in [0.29, 0.717) is 0 Å². The smallest absolute Gasteiger partial charge is 0.128 e. The topological polar surface area (TPSA) is 54.8 Å². The maximum absolute atomic E-state index is 4.66. The van der Waals surface area contributed by atoms with Crippen molar-refractivity contribution < 1.29 is 0 Å². The van der Waals surface area contributed by atoms with E-state index in [1.807, 2.05) is 25.3 Å². The molecule has 5 nitrogen and oxygen atoms in total. The maximum atomic E-state index is 4.66. The zero-order chi connectivity index (χ0) is 16.4. The number of hydrogen-bond donors (Lipinski definition) is 0. The van der Waals surface area contributed by atoms with Crippen molar-refractivity contribution in [2.75, 3.05) is 18.0 Å². The second-order valence-electron chi connectivity index (χ2n) is 6.01. The zero-order valence-electron chi connectivity index (χ0n) is 13.7. The molecule has 3 aromatic rings. The number of aryl methyl sites for hydroxylation is 1. The molecule has 3 aromatic heterocycles. The van der Waals surface area contributed by atoms with Crippen LogP contribution in [0.4, 0.5) is 5.82 Å². The first-order valence-corrected chi connectivity index (χ1v) is 8.23. The number of hydrogen-bond acceptors (Lipinski definition) is 5. The van der Waals surface area contributed by atoms with E-state index in [-0.39, 0.29) is 0 Å². The lowest BCUT2D eigenvalue weighted by Gasteiger charge is -2.21. The van der Waals surface area contributed by atoms with Gasteiger partial charge in [-0.1, -0.05) is 6.07 Å². The van der Waals surface area contributed by atoms with Crippen molar-refractivity contribution in [3.63, 3.8) is 0 Å². The molecule has 0 aromatic carbocycles. The Morgan fingerprint density at radius 1 is 1.00 bits per heavy atom. The van der Waals surface area contributed by atoms with Crippen LogP contribution in [0.2, 0.25) is 0 Å². The van der Waals surface area contributed by atoms with Crippen LogP contribution >= 0.6 is 0 Å². The van der Waals surface area contributed by atoms with Gasteiger partial charge in [-0.2, -0.15) is 0 Å². The minimum absolute atomic E-state index is 0.904. The highest BCUT2D eigenvalue weighted by Gasteiger charge is 2.20. The summed E-state index contributed by atoms with van der Waals surface area (Å²) in [5.74, 6) is 1.04. The van der Waals surface area contributed by atoms with Crippen LogP contribution in [-0.2, 0) is 12.8 Å². The zero-order valence-corrected chi connectivity index (χ0v) is 13.7. The standard InChI is InChI=1S/C19H19N5/c1-14-4-2-6-18(23-14)24-10-7-16-17(8-11-24)21-13-22-19(16)15-5-3-9-20-12-15/h2-6,9,12-13H,7-8,10-11H2,1H3. The molecule has 0 aliphatic carbocycles. The van der Waals surface area contributed by atoms with Crippen LogP contribution < -0.4 is 4.90 Å². The Morgan fingerprint density at radius 2 is 1.92 bits per heavy atom. The van der Waals surface area contributed by atoms with Gasteiger partial charge in [-0.05, 0) is 37.6 Å². The van der Waals surface area contributed by atoms with Crippen LogP contribution in [0.5, 0.6) is 0 Å². The highest BCUT2D eigenvalue weighted by Crippen LogP contribution is 2.26. The molecule has 24 heavy (non-hydrogen) atoms. The number of pyridine rings is 2. The van der Waals surface area contributed by atoms with Crippen molar-refractivity contribution >= 4 is 5.82 Å². The molecule has 0 saturated heterocycles. The first-order chi connectivity index (χ1) is 11.8. The van der Waals surface area contributed by atoms with Crippen molar-refractivity contribution in [1.29, 1.82) is 0 Å². The first-order valence-electron chi connectivity index (χ1n) is 8.23. The van der Waals surface area contributed by atoms with Gasteiger partial charge in [0.15, 0.2) is 0 Å². The molecule has 4 rings (SSSR count). The summed E-state index contributed by atoms with van der Waals surface area (Å²) < 4.78 is 0. The second kappa shape index (κ2) is 6.35. The molecule has 5 heteroatoms. The van der Waals surface area contributed by atoms with E-state index in [4.69, 9.17) is 0 Å². The van der Waals surface area contributed by atoms with Crippen molar-refractivity contribution in [2.45, 2.75) is 19.8 Å². The molecule has 0 amide bonds. The summed E-state index contributed by atoms with van der Waals surface area (Å²) in [7, 11) is 0. The summed E-state index contributed by atoms with van der Waals surface area (Å²) in [6, 6.07) is 10.2. The molecule has 0 saturated carbocycles. The summed E-state index contributed by atoms with van der Waals surface area (Å²) in [5.41, 5.74) is 5.48. The van der Waals surface area contributed by atoms with E-state index in [9.17, 15) is 0 Å². The van der Waals surface area contributed by atoms with Crippen LogP contribution in [0.1, 0.15) is 17.0 Å². The van der Waals surface area contributed by atoms with Crippen molar-refractivity contribution in [2.24, 2.45) is 0 Å². The van der Waals surface area contributed by atoms with Crippen molar-refractivity contribution in [3.8, 4) is 11.3 Å². The highest BCUT2D eigenvalue weighted by molar-refractivity contribution is 5.63. The molecule has 120 valence electrons. The molecule has 0 N–H and O–H groups in total. The number of fused-ring (bicyclic) bond motifs is 1. The van der Waals surface area contributed by atoms with Gasteiger partial charge in [-0.15, -0.1) is 0 Å². The van der Waals surface area contributed by atoms with E-state index in [1.54, 1.807) is 12.5 Å². The van der Waals surface area contributed by atoms with E-state index < -0.39 is 0 Å². The second-order valence-corrected chi connectivity index (χ2v) is 6.01. The average molecular weight is 317 g/mol. The van der Waals surface area contributed by atoms with Gasteiger partial charge in [0, 0.05) is 54.4 Å². The minimum Gasteiger partial charge on any atom is -0.356 e. The molecule has 0 fully saturated rings. The van der Waals surface area contributed by atoms with Gasteiger partial charge >= 0.3 is 0 Å². The van der Waals surface area contributed by atoms with Gasteiger partial charge in [0.1, 0.15) is 12.1 Å². The number of anilines is 1. The monoisotopic (exact) mass is 317 g/mol. The highest BCUT2D eigenvalue weighted by atomic mass is 15.2. The minimum atomic E-state index is 0.904. The van der Waals surface area contributed by atoms with Gasteiger partial charge in [0.2, 0.25) is 0 Å². The third-order valence-electron chi connectivity index (χ3n) is 4.42. The van der Waals surface area contributed by atoms with Crippen molar-refractivity contribution in [1.82, 2.24) is 19.9 Å². The molecule has 0 bridgehead atoms. The lowest BCUT2D eigenvalue weighted by atomic mass is 10.0. The normalized spacial score (nSPS) is 14.1. The fourth-order valence-corrected chi connectivity index (χ4v) is 3.21. The van der Waals surface area contributed by atoms with E-state index >= 15 is 0 Å². The van der Waals surface area contributed by atoms with E-state index in [1.165, 1.54) is 5.56 Å². The van der Waals surface area contributed by atoms with Gasteiger partial charge in [0.25, 0.3) is 0 Å². The molecule has 0 unspecified atom stereocenters. The van der Waals surface area contributed by atoms with E-state index in [0.717, 1.165) is 54.4 Å². The summed E-state index contributed by atoms with van der Waals surface area (Å²) in [6.45, 7) is 3.87. The first kappa shape index (κ1) is 14.8. The molecule has 0 atom stereocenters. The Bertz CT molecular complexity index is 847. The molecule has 4 heterocycles.